The van der Waals surface area contributed by atoms with Gasteiger partial charge < -0.3 is 15.6 Å². The summed E-state index contributed by atoms with van der Waals surface area (Å²) in [6.45, 7) is 0.0833. The van der Waals surface area contributed by atoms with Gasteiger partial charge in [-0.1, -0.05) is 17.9 Å². The van der Waals surface area contributed by atoms with Gasteiger partial charge in [0.05, 0.1) is 7.11 Å². The van der Waals surface area contributed by atoms with E-state index in [0.717, 1.165) is 11.1 Å². The van der Waals surface area contributed by atoms with Crippen molar-refractivity contribution in [2.45, 2.75) is 19.3 Å². The zero-order valence-corrected chi connectivity index (χ0v) is 10.4. The first kappa shape index (κ1) is 14.1. The van der Waals surface area contributed by atoms with E-state index in [0.29, 0.717) is 18.6 Å². The van der Waals surface area contributed by atoms with E-state index in [4.69, 9.17) is 15.6 Å². The van der Waals surface area contributed by atoms with E-state index < -0.39 is 0 Å². The van der Waals surface area contributed by atoms with Crippen LogP contribution >= 0.6 is 0 Å². The predicted octanol–water partition coefficient (Wildman–Crippen LogP) is 0.847. The molecule has 4 heteroatoms. The number of methoxy groups -OCH3 is 1. The molecule has 0 aliphatic heterocycles. The number of hydrogen-bond donors (Lipinski definition) is 2. The molecule has 4 nitrogen and oxygen atoms in total. The normalized spacial score (nSPS) is 9.44. The molecular formula is C14H17NO3. The predicted molar refractivity (Wildman–Crippen MR) is 69.1 cm³/mol. The highest BCUT2D eigenvalue weighted by Gasteiger charge is 2.02. The number of carbonyl (C=O) groups excluding carboxylic acids is 1. The van der Waals surface area contributed by atoms with Gasteiger partial charge in [-0.15, -0.1) is 0 Å². The maximum Gasteiger partial charge on any atom is 0.218 e. The molecule has 0 aliphatic rings. The fourth-order valence-corrected chi connectivity index (χ4v) is 1.50. The molecule has 96 valence electrons. The van der Waals surface area contributed by atoms with Crippen molar-refractivity contribution >= 4 is 5.91 Å². The highest BCUT2D eigenvalue weighted by atomic mass is 16.5. The van der Waals surface area contributed by atoms with Crippen LogP contribution in [-0.4, -0.2) is 24.7 Å². The SMILES string of the molecule is COc1cc(C#CCCC(N)=O)ccc1CCO. The van der Waals surface area contributed by atoms with E-state index in [1.165, 1.54) is 0 Å². The summed E-state index contributed by atoms with van der Waals surface area (Å²) in [4.78, 5) is 10.5. The molecule has 1 rings (SSSR count). The number of ether oxygens (including phenoxy) is 1. The van der Waals surface area contributed by atoms with Crippen LogP contribution in [0.5, 0.6) is 5.75 Å². The van der Waals surface area contributed by atoms with Crippen molar-refractivity contribution in [3.05, 3.63) is 29.3 Å². The Labute approximate surface area is 107 Å². The lowest BCUT2D eigenvalue weighted by molar-refractivity contribution is -0.117. The first-order valence-corrected chi connectivity index (χ1v) is 5.72. The lowest BCUT2D eigenvalue weighted by atomic mass is 10.1. The summed E-state index contributed by atoms with van der Waals surface area (Å²) >= 11 is 0. The van der Waals surface area contributed by atoms with Crippen molar-refractivity contribution in [1.29, 1.82) is 0 Å². The Bertz CT molecular complexity index is 472. The molecule has 0 saturated carbocycles. The van der Waals surface area contributed by atoms with E-state index in [9.17, 15) is 4.79 Å². The van der Waals surface area contributed by atoms with Crippen LogP contribution in [0.15, 0.2) is 18.2 Å². The second-order valence-electron chi connectivity index (χ2n) is 3.77. The summed E-state index contributed by atoms with van der Waals surface area (Å²) in [6.07, 6.45) is 1.28. The van der Waals surface area contributed by atoms with Gasteiger partial charge in [0.1, 0.15) is 5.75 Å². The molecule has 1 amide bonds. The van der Waals surface area contributed by atoms with Gasteiger partial charge in [-0.25, -0.2) is 0 Å². The molecule has 0 aromatic heterocycles. The van der Waals surface area contributed by atoms with Crippen molar-refractivity contribution in [2.24, 2.45) is 5.73 Å². The van der Waals surface area contributed by atoms with Gasteiger partial charge in [-0.2, -0.15) is 0 Å². The van der Waals surface area contributed by atoms with E-state index >= 15 is 0 Å². The Hall–Kier alpha value is -1.99. The molecule has 0 bridgehead atoms. The third-order valence-corrected chi connectivity index (χ3v) is 2.40. The third kappa shape index (κ3) is 4.48. The average molecular weight is 247 g/mol. The van der Waals surface area contributed by atoms with Gasteiger partial charge >= 0.3 is 0 Å². The molecule has 0 saturated heterocycles. The highest BCUT2D eigenvalue weighted by Crippen LogP contribution is 2.20. The number of hydrogen-bond acceptors (Lipinski definition) is 3. The van der Waals surface area contributed by atoms with Crippen LogP contribution in [-0.2, 0) is 11.2 Å². The van der Waals surface area contributed by atoms with Gasteiger partial charge in [0.2, 0.25) is 5.91 Å². The maximum absolute atomic E-state index is 10.5. The molecule has 3 N–H and O–H groups in total. The van der Waals surface area contributed by atoms with Crippen LogP contribution in [0.2, 0.25) is 0 Å². The molecule has 0 aliphatic carbocycles. The Morgan fingerprint density at radius 1 is 1.50 bits per heavy atom. The van der Waals surface area contributed by atoms with Crippen LogP contribution in [0, 0.1) is 11.8 Å². The number of benzene rings is 1. The number of carbonyl (C=O) groups is 1. The minimum atomic E-state index is -0.347. The first-order chi connectivity index (χ1) is 8.67. The van der Waals surface area contributed by atoms with Gasteiger partial charge in [0.15, 0.2) is 0 Å². The monoisotopic (exact) mass is 247 g/mol. The Morgan fingerprint density at radius 3 is 2.89 bits per heavy atom. The quantitative estimate of drug-likeness (QED) is 0.757. The lowest BCUT2D eigenvalue weighted by Crippen LogP contribution is -2.08. The molecule has 0 unspecified atom stereocenters. The van der Waals surface area contributed by atoms with Crippen molar-refractivity contribution in [3.8, 4) is 17.6 Å². The number of primary amides is 1. The lowest BCUT2D eigenvalue weighted by Gasteiger charge is -2.07. The summed E-state index contributed by atoms with van der Waals surface area (Å²) in [7, 11) is 1.58. The Kier molecular flexibility index (Phi) is 5.75. The largest absolute Gasteiger partial charge is 0.496 e. The highest BCUT2D eigenvalue weighted by molar-refractivity contribution is 5.74. The van der Waals surface area contributed by atoms with Gasteiger partial charge in [0.25, 0.3) is 0 Å². The van der Waals surface area contributed by atoms with Gasteiger partial charge in [-0.3, -0.25) is 4.79 Å². The van der Waals surface area contributed by atoms with Crippen LogP contribution in [0.1, 0.15) is 24.0 Å². The molecule has 0 fully saturated rings. The first-order valence-electron chi connectivity index (χ1n) is 5.72. The summed E-state index contributed by atoms with van der Waals surface area (Å²) in [5.74, 6) is 6.19. The van der Waals surface area contributed by atoms with Crippen LogP contribution in [0.3, 0.4) is 0 Å². The number of aliphatic hydroxyl groups excluding tert-OH is 1. The zero-order chi connectivity index (χ0) is 13.4. The summed E-state index contributed by atoms with van der Waals surface area (Å²) in [5, 5.41) is 8.91. The molecule has 0 atom stereocenters. The minimum Gasteiger partial charge on any atom is -0.496 e. The van der Waals surface area contributed by atoms with Crippen molar-refractivity contribution < 1.29 is 14.6 Å². The number of rotatable bonds is 5. The fraction of sp³-hybridized carbons (Fsp3) is 0.357. The summed E-state index contributed by atoms with van der Waals surface area (Å²) < 4.78 is 5.23. The summed E-state index contributed by atoms with van der Waals surface area (Å²) in [5.41, 5.74) is 6.78. The van der Waals surface area contributed by atoms with Crippen molar-refractivity contribution in [3.63, 3.8) is 0 Å². The second kappa shape index (κ2) is 7.36. The molecule has 0 spiro atoms. The van der Waals surface area contributed by atoms with E-state index in [1.54, 1.807) is 7.11 Å². The molecule has 1 aromatic rings. The molecule has 18 heavy (non-hydrogen) atoms. The molecule has 0 heterocycles. The number of aliphatic hydroxyl groups is 1. The van der Waals surface area contributed by atoms with Crippen LogP contribution in [0.25, 0.3) is 0 Å². The Balaban J connectivity index is 2.75. The molecule has 1 aromatic carbocycles. The summed E-state index contributed by atoms with van der Waals surface area (Å²) in [6, 6.07) is 5.57. The van der Waals surface area contributed by atoms with Crippen LogP contribution in [0.4, 0.5) is 0 Å². The van der Waals surface area contributed by atoms with Gasteiger partial charge in [-0.05, 0) is 24.1 Å². The topological polar surface area (TPSA) is 72.5 Å². The zero-order valence-electron chi connectivity index (χ0n) is 10.4. The van der Waals surface area contributed by atoms with E-state index in [-0.39, 0.29) is 18.9 Å². The van der Waals surface area contributed by atoms with Crippen molar-refractivity contribution in [2.75, 3.05) is 13.7 Å². The van der Waals surface area contributed by atoms with Crippen LogP contribution < -0.4 is 10.5 Å². The third-order valence-electron chi connectivity index (χ3n) is 2.40. The Morgan fingerprint density at radius 2 is 2.28 bits per heavy atom. The maximum atomic E-state index is 10.5. The van der Waals surface area contributed by atoms with Gasteiger partial charge in [0, 0.05) is 25.0 Å². The standard InChI is InChI=1S/C14H17NO3/c1-18-13-10-11(4-2-3-5-14(15)17)6-7-12(13)8-9-16/h6-7,10,16H,3,5,8-9H2,1H3,(H2,15,17). The molecule has 0 radical (unpaired) electrons. The van der Waals surface area contributed by atoms with Crippen molar-refractivity contribution in [1.82, 2.24) is 0 Å². The smallest absolute Gasteiger partial charge is 0.218 e. The minimum absolute atomic E-state index is 0.0833. The second-order valence-corrected chi connectivity index (χ2v) is 3.77. The average Bonchev–Trinajstić information content (AvgIpc) is 2.36. The molecular weight excluding hydrogens is 230 g/mol. The van der Waals surface area contributed by atoms with E-state index in [2.05, 4.69) is 11.8 Å². The van der Waals surface area contributed by atoms with E-state index in [1.807, 2.05) is 18.2 Å². The fourth-order valence-electron chi connectivity index (χ4n) is 1.50. The number of amides is 1. The number of nitrogens with two attached hydrogens (primary N) is 1.